The Bertz CT molecular complexity index is 362. The third kappa shape index (κ3) is 2.79. The number of rotatable bonds is 1. The number of guanidine groups is 1. The number of nitrogens with one attached hydrogen (secondary N) is 2. The Morgan fingerprint density at radius 1 is 1.53 bits per heavy atom. The van der Waals surface area contributed by atoms with Crippen molar-refractivity contribution in [2.24, 2.45) is 4.99 Å². The molecule has 3 nitrogen and oxygen atoms in total. The number of aliphatic imine (C=N–C) groups is 1. The Kier molecular flexibility index (Phi) is 3.79. The van der Waals surface area contributed by atoms with Gasteiger partial charge >= 0.3 is 0 Å². The Morgan fingerprint density at radius 2 is 2.33 bits per heavy atom. The van der Waals surface area contributed by atoms with Crippen molar-refractivity contribution in [2.75, 3.05) is 13.1 Å². The Balaban J connectivity index is 2.13. The number of allylic oxidation sites excluding steroid dienone is 3. The van der Waals surface area contributed by atoms with Gasteiger partial charge in [0.05, 0.1) is 17.3 Å². The van der Waals surface area contributed by atoms with Crippen LogP contribution in [0.2, 0.25) is 0 Å². The van der Waals surface area contributed by atoms with Crippen molar-refractivity contribution < 1.29 is 0 Å². The standard InChI is InChI=1S/C9H10Cl2IN3/c10-6-3-5(12)4-7(11)8(6)15-9-13-1-2-14-9/h3,5H,1-2,4H2,(H2,13,14,15). The molecule has 1 atom stereocenters. The van der Waals surface area contributed by atoms with E-state index in [0.29, 0.717) is 8.96 Å². The van der Waals surface area contributed by atoms with E-state index in [0.717, 1.165) is 36.2 Å². The molecule has 0 bridgehead atoms. The second-order valence-corrected chi connectivity index (χ2v) is 5.76. The van der Waals surface area contributed by atoms with Crippen molar-refractivity contribution in [3.63, 3.8) is 0 Å². The van der Waals surface area contributed by atoms with E-state index in [9.17, 15) is 0 Å². The first kappa shape index (κ1) is 11.5. The fourth-order valence-corrected chi connectivity index (χ4v) is 3.38. The van der Waals surface area contributed by atoms with E-state index >= 15 is 0 Å². The van der Waals surface area contributed by atoms with Crippen LogP contribution in [0, 0.1) is 0 Å². The van der Waals surface area contributed by atoms with Gasteiger partial charge < -0.3 is 10.6 Å². The van der Waals surface area contributed by atoms with Gasteiger partial charge in [-0.25, -0.2) is 0 Å². The Labute approximate surface area is 112 Å². The molecule has 0 fully saturated rings. The molecule has 1 unspecified atom stereocenters. The topological polar surface area (TPSA) is 36.4 Å². The van der Waals surface area contributed by atoms with Crippen molar-refractivity contribution in [3.05, 3.63) is 21.8 Å². The van der Waals surface area contributed by atoms with Crippen molar-refractivity contribution in [3.8, 4) is 0 Å². The fourth-order valence-electron chi connectivity index (χ4n) is 1.43. The molecule has 0 aromatic heterocycles. The molecule has 15 heavy (non-hydrogen) atoms. The largest absolute Gasteiger partial charge is 0.354 e. The quantitative estimate of drug-likeness (QED) is 0.558. The van der Waals surface area contributed by atoms with Crippen LogP contribution in [0.5, 0.6) is 0 Å². The van der Waals surface area contributed by atoms with Gasteiger partial charge in [0.15, 0.2) is 5.96 Å². The van der Waals surface area contributed by atoms with Gasteiger partial charge in [-0.3, -0.25) is 4.99 Å². The number of hydrogen-bond donors (Lipinski definition) is 2. The molecule has 82 valence electrons. The van der Waals surface area contributed by atoms with E-state index in [1.807, 2.05) is 6.08 Å². The average molecular weight is 358 g/mol. The minimum atomic E-state index is 0.367. The lowest BCUT2D eigenvalue weighted by Gasteiger charge is -2.19. The summed E-state index contributed by atoms with van der Waals surface area (Å²) in [5.74, 6) is 0.751. The lowest BCUT2D eigenvalue weighted by molar-refractivity contribution is 0.930. The van der Waals surface area contributed by atoms with Crippen LogP contribution in [-0.4, -0.2) is 23.0 Å². The van der Waals surface area contributed by atoms with Gasteiger partial charge in [-0.05, 0) is 0 Å². The second-order valence-electron chi connectivity index (χ2n) is 3.30. The van der Waals surface area contributed by atoms with Crippen molar-refractivity contribution in [2.45, 2.75) is 10.3 Å². The van der Waals surface area contributed by atoms with E-state index in [2.05, 4.69) is 38.2 Å². The van der Waals surface area contributed by atoms with Crippen LogP contribution in [0.3, 0.4) is 0 Å². The molecule has 0 aromatic rings. The lowest BCUT2D eigenvalue weighted by Crippen LogP contribution is -2.34. The van der Waals surface area contributed by atoms with E-state index in [-0.39, 0.29) is 0 Å². The van der Waals surface area contributed by atoms with Crippen LogP contribution >= 0.6 is 45.8 Å². The molecule has 6 heteroatoms. The number of nitrogens with zero attached hydrogens (tertiary/aromatic N) is 1. The molecule has 1 aliphatic heterocycles. The smallest absolute Gasteiger partial charge is 0.195 e. The average Bonchev–Trinajstić information content (AvgIpc) is 2.63. The van der Waals surface area contributed by atoms with Gasteiger partial charge in [0.1, 0.15) is 0 Å². The van der Waals surface area contributed by atoms with Crippen LogP contribution in [-0.2, 0) is 0 Å². The Morgan fingerprint density at radius 3 is 2.93 bits per heavy atom. The van der Waals surface area contributed by atoms with E-state index in [1.54, 1.807) is 0 Å². The minimum absolute atomic E-state index is 0.367. The van der Waals surface area contributed by atoms with E-state index in [4.69, 9.17) is 23.2 Å². The number of hydrogen-bond acceptors (Lipinski definition) is 3. The first-order valence-electron chi connectivity index (χ1n) is 4.62. The van der Waals surface area contributed by atoms with Gasteiger partial charge in [-0.1, -0.05) is 51.9 Å². The highest BCUT2D eigenvalue weighted by atomic mass is 127. The van der Waals surface area contributed by atoms with Crippen molar-refractivity contribution in [1.82, 2.24) is 10.6 Å². The summed E-state index contributed by atoms with van der Waals surface area (Å²) in [7, 11) is 0. The first-order valence-corrected chi connectivity index (χ1v) is 6.62. The molecule has 0 saturated carbocycles. The highest BCUT2D eigenvalue weighted by Gasteiger charge is 2.20. The van der Waals surface area contributed by atoms with Crippen molar-refractivity contribution >= 4 is 51.8 Å². The summed E-state index contributed by atoms with van der Waals surface area (Å²) < 4.78 is 0.367. The number of halogens is 3. The highest BCUT2D eigenvalue weighted by molar-refractivity contribution is 14.1. The zero-order valence-corrected chi connectivity index (χ0v) is 11.5. The van der Waals surface area contributed by atoms with Crippen LogP contribution < -0.4 is 10.6 Å². The van der Waals surface area contributed by atoms with Crippen molar-refractivity contribution in [1.29, 1.82) is 0 Å². The maximum atomic E-state index is 6.16. The van der Waals surface area contributed by atoms with Crippen LogP contribution in [0.15, 0.2) is 26.8 Å². The lowest BCUT2D eigenvalue weighted by atomic mass is 10.1. The molecule has 0 amide bonds. The predicted molar refractivity (Wildman–Crippen MR) is 72.7 cm³/mol. The predicted octanol–water partition coefficient (Wildman–Crippen LogP) is 2.32. The summed E-state index contributed by atoms with van der Waals surface area (Å²) in [5.41, 5.74) is 0.777. The fraction of sp³-hybridized carbons (Fsp3) is 0.444. The van der Waals surface area contributed by atoms with Gasteiger partial charge in [0.25, 0.3) is 0 Å². The zero-order chi connectivity index (χ0) is 10.8. The normalized spacial score (nSPS) is 25.9. The molecule has 0 saturated heterocycles. The monoisotopic (exact) mass is 357 g/mol. The summed E-state index contributed by atoms with van der Waals surface area (Å²) >= 11 is 14.6. The third-order valence-electron chi connectivity index (χ3n) is 2.13. The molecule has 2 aliphatic rings. The zero-order valence-electron chi connectivity index (χ0n) is 7.86. The minimum Gasteiger partial charge on any atom is -0.354 e. The Hall–Kier alpha value is 0.0600. The van der Waals surface area contributed by atoms with Gasteiger partial charge in [-0.15, -0.1) is 0 Å². The highest BCUT2D eigenvalue weighted by Crippen LogP contribution is 2.32. The van der Waals surface area contributed by atoms with E-state index < -0.39 is 0 Å². The molecular formula is C9H10Cl2IN3. The molecule has 1 heterocycles. The van der Waals surface area contributed by atoms with Gasteiger partial charge in [-0.2, -0.15) is 0 Å². The molecule has 0 aromatic carbocycles. The van der Waals surface area contributed by atoms with Crippen LogP contribution in [0.4, 0.5) is 0 Å². The van der Waals surface area contributed by atoms with Crippen LogP contribution in [0.25, 0.3) is 0 Å². The maximum absolute atomic E-state index is 6.16. The molecular weight excluding hydrogens is 348 g/mol. The van der Waals surface area contributed by atoms with E-state index in [1.165, 1.54) is 0 Å². The van der Waals surface area contributed by atoms with Crippen LogP contribution in [0.1, 0.15) is 6.42 Å². The molecule has 2 N–H and O–H groups in total. The SMILES string of the molecule is ClC1=CC(I)CC(Cl)=C1NC1=NCCN1. The first-order chi connectivity index (χ1) is 7.16. The van der Waals surface area contributed by atoms with Gasteiger partial charge in [0, 0.05) is 21.9 Å². The molecule has 2 rings (SSSR count). The maximum Gasteiger partial charge on any atom is 0.195 e. The summed E-state index contributed by atoms with van der Waals surface area (Å²) in [6.07, 6.45) is 2.81. The molecule has 0 spiro atoms. The molecule has 0 radical (unpaired) electrons. The summed E-state index contributed by atoms with van der Waals surface area (Å²) in [4.78, 5) is 4.23. The molecule has 1 aliphatic carbocycles. The summed E-state index contributed by atoms with van der Waals surface area (Å²) in [5, 5.41) is 7.67. The second kappa shape index (κ2) is 4.93. The summed E-state index contributed by atoms with van der Waals surface area (Å²) in [6, 6.07) is 0. The number of alkyl halides is 1. The summed E-state index contributed by atoms with van der Waals surface area (Å²) in [6.45, 7) is 1.66. The van der Waals surface area contributed by atoms with Gasteiger partial charge in [0.2, 0.25) is 0 Å². The third-order valence-corrected chi connectivity index (χ3v) is 3.59.